The van der Waals surface area contributed by atoms with Crippen molar-refractivity contribution in [2.45, 2.75) is 6.92 Å². The predicted octanol–water partition coefficient (Wildman–Crippen LogP) is 2.43. The first kappa shape index (κ1) is 21.4. The monoisotopic (exact) mass is 408 g/mol. The molecule has 152 valence electrons. The molecule has 8 nitrogen and oxygen atoms in total. The third-order valence-corrected chi connectivity index (χ3v) is 5.10. The minimum Gasteiger partial charge on any atom is -0.497 e. The van der Waals surface area contributed by atoms with Gasteiger partial charge in [-0.3, -0.25) is 9.10 Å². The van der Waals surface area contributed by atoms with E-state index in [0.29, 0.717) is 22.9 Å². The highest BCUT2D eigenvalue weighted by Crippen LogP contribution is 2.32. The van der Waals surface area contributed by atoms with E-state index < -0.39 is 22.5 Å². The maximum absolute atomic E-state index is 12.6. The van der Waals surface area contributed by atoms with Crippen molar-refractivity contribution in [3.8, 4) is 17.2 Å². The second-order valence-corrected chi connectivity index (χ2v) is 7.97. The van der Waals surface area contributed by atoms with Gasteiger partial charge < -0.3 is 19.5 Å². The van der Waals surface area contributed by atoms with Crippen molar-refractivity contribution in [1.29, 1.82) is 0 Å². The topological polar surface area (TPSA) is 94.2 Å². The Labute approximate surface area is 165 Å². The highest BCUT2D eigenvalue weighted by Gasteiger charge is 2.24. The molecular weight excluding hydrogens is 384 g/mol. The molecule has 1 amide bonds. The first-order valence-electron chi connectivity index (χ1n) is 8.33. The Bertz CT molecular complexity index is 959. The van der Waals surface area contributed by atoms with Crippen molar-refractivity contribution in [2.75, 3.05) is 43.8 Å². The van der Waals surface area contributed by atoms with Crippen LogP contribution < -0.4 is 23.8 Å². The molecule has 0 saturated heterocycles. The van der Waals surface area contributed by atoms with Gasteiger partial charge in [-0.25, -0.2) is 8.42 Å². The van der Waals surface area contributed by atoms with Gasteiger partial charge >= 0.3 is 0 Å². The summed E-state index contributed by atoms with van der Waals surface area (Å²) in [4.78, 5) is 12.6. The number of benzene rings is 2. The first-order chi connectivity index (χ1) is 13.2. The smallest absolute Gasteiger partial charge is 0.245 e. The summed E-state index contributed by atoms with van der Waals surface area (Å²) in [6.45, 7) is 1.39. The molecule has 2 rings (SSSR count). The summed E-state index contributed by atoms with van der Waals surface area (Å²) in [5, 5.41) is 2.67. The molecule has 2 aromatic rings. The second-order valence-electron chi connectivity index (χ2n) is 6.06. The van der Waals surface area contributed by atoms with Crippen molar-refractivity contribution in [1.82, 2.24) is 0 Å². The minimum absolute atomic E-state index is 0.290. The number of carbonyl (C=O) groups excluding carboxylic acids is 1. The Kier molecular flexibility index (Phi) is 6.74. The highest BCUT2D eigenvalue weighted by molar-refractivity contribution is 7.92. The zero-order chi connectivity index (χ0) is 20.9. The first-order valence-corrected chi connectivity index (χ1v) is 10.2. The number of anilines is 2. The van der Waals surface area contributed by atoms with Crippen LogP contribution in [-0.4, -0.2) is 48.5 Å². The second kappa shape index (κ2) is 8.83. The maximum atomic E-state index is 12.6. The van der Waals surface area contributed by atoms with Crippen molar-refractivity contribution in [3.05, 3.63) is 42.0 Å². The molecule has 0 fully saturated rings. The number of aryl methyl sites for hydroxylation is 1. The lowest BCUT2D eigenvalue weighted by Gasteiger charge is -2.24. The largest absolute Gasteiger partial charge is 0.497 e. The summed E-state index contributed by atoms with van der Waals surface area (Å²) in [5.41, 5.74) is 1.49. The van der Waals surface area contributed by atoms with E-state index in [0.717, 1.165) is 16.1 Å². The molecule has 28 heavy (non-hydrogen) atoms. The average molecular weight is 408 g/mol. The molecule has 0 heterocycles. The number of nitrogens with zero attached hydrogens (tertiary/aromatic N) is 1. The fourth-order valence-electron chi connectivity index (χ4n) is 2.61. The van der Waals surface area contributed by atoms with E-state index in [1.807, 2.05) is 6.92 Å². The number of hydrogen-bond donors (Lipinski definition) is 1. The van der Waals surface area contributed by atoms with Crippen LogP contribution in [0.1, 0.15) is 5.56 Å². The SMILES string of the molecule is COc1ccc(OC)c(NC(=O)CN(c2cc(C)ccc2OC)S(C)(=O)=O)c1. The molecule has 0 atom stereocenters. The number of nitrogens with one attached hydrogen (secondary N) is 1. The molecule has 2 aromatic carbocycles. The molecule has 9 heteroatoms. The molecule has 0 radical (unpaired) electrons. The number of sulfonamides is 1. The van der Waals surface area contributed by atoms with Crippen LogP contribution in [0.4, 0.5) is 11.4 Å². The summed E-state index contributed by atoms with van der Waals surface area (Å²) < 4.78 is 41.4. The van der Waals surface area contributed by atoms with E-state index >= 15 is 0 Å². The Morgan fingerprint density at radius 2 is 1.64 bits per heavy atom. The van der Waals surface area contributed by atoms with Gasteiger partial charge in [0.25, 0.3) is 0 Å². The quantitative estimate of drug-likeness (QED) is 0.721. The fourth-order valence-corrected chi connectivity index (χ4v) is 3.46. The van der Waals surface area contributed by atoms with Crippen molar-refractivity contribution < 1.29 is 27.4 Å². The van der Waals surface area contributed by atoms with Gasteiger partial charge in [0.1, 0.15) is 23.8 Å². The predicted molar refractivity (Wildman–Crippen MR) is 108 cm³/mol. The van der Waals surface area contributed by atoms with E-state index in [1.54, 1.807) is 36.4 Å². The molecule has 1 N–H and O–H groups in total. The third-order valence-electron chi connectivity index (χ3n) is 3.97. The molecule has 0 aromatic heterocycles. The maximum Gasteiger partial charge on any atom is 0.245 e. The number of rotatable bonds is 8. The van der Waals surface area contributed by atoms with Gasteiger partial charge in [-0.2, -0.15) is 0 Å². The Balaban J connectivity index is 2.35. The van der Waals surface area contributed by atoms with E-state index in [4.69, 9.17) is 14.2 Å². The molecular formula is C19H24N2O6S. The van der Waals surface area contributed by atoms with Crippen LogP contribution in [0.5, 0.6) is 17.2 Å². The molecule has 0 bridgehead atoms. The van der Waals surface area contributed by atoms with E-state index in [1.165, 1.54) is 21.3 Å². The molecule has 0 saturated carbocycles. The number of methoxy groups -OCH3 is 3. The van der Waals surface area contributed by atoms with Crippen LogP contribution >= 0.6 is 0 Å². The van der Waals surface area contributed by atoms with Crippen molar-refractivity contribution in [3.63, 3.8) is 0 Å². The lowest BCUT2D eigenvalue weighted by Crippen LogP contribution is -2.37. The van der Waals surface area contributed by atoms with E-state index in [2.05, 4.69) is 5.32 Å². The Morgan fingerprint density at radius 1 is 1.00 bits per heavy atom. The summed E-state index contributed by atoms with van der Waals surface area (Å²) >= 11 is 0. The van der Waals surface area contributed by atoms with Crippen LogP contribution in [0.2, 0.25) is 0 Å². The third kappa shape index (κ3) is 5.07. The number of amides is 1. The number of hydrogen-bond acceptors (Lipinski definition) is 6. The summed E-state index contributed by atoms with van der Waals surface area (Å²) in [7, 11) is 0.667. The summed E-state index contributed by atoms with van der Waals surface area (Å²) in [5.74, 6) is 0.757. The lowest BCUT2D eigenvalue weighted by atomic mass is 10.2. The molecule has 0 spiro atoms. The van der Waals surface area contributed by atoms with E-state index in [-0.39, 0.29) is 5.69 Å². The Morgan fingerprint density at radius 3 is 2.21 bits per heavy atom. The standard InChI is InChI=1S/C19H24N2O6S/c1-13-6-8-18(27-4)16(10-13)21(28(5,23)24)12-19(22)20-15-11-14(25-2)7-9-17(15)26-3/h6-11H,12H2,1-5H3,(H,20,22). The average Bonchev–Trinajstić information content (AvgIpc) is 2.65. The fraction of sp³-hybridized carbons (Fsp3) is 0.316. The van der Waals surface area contributed by atoms with Crippen molar-refractivity contribution in [2.24, 2.45) is 0 Å². The van der Waals surface area contributed by atoms with Gasteiger partial charge in [-0.1, -0.05) is 6.07 Å². The zero-order valence-electron chi connectivity index (χ0n) is 16.5. The van der Waals surface area contributed by atoms with Gasteiger partial charge in [0.2, 0.25) is 15.9 Å². The van der Waals surface area contributed by atoms with Gasteiger partial charge in [-0.05, 0) is 36.8 Å². The van der Waals surface area contributed by atoms with Crippen LogP contribution in [-0.2, 0) is 14.8 Å². The van der Waals surface area contributed by atoms with Crippen LogP contribution in [0.3, 0.4) is 0 Å². The van der Waals surface area contributed by atoms with Gasteiger partial charge in [0, 0.05) is 6.07 Å². The number of ether oxygens (including phenoxy) is 3. The lowest BCUT2D eigenvalue weighted by molar-refractivity contribution is -0.114. The van der Waals surface area contributed by atoms with Crippen molar-refractivity contribution >= 4 is 27.3 Å². The minimum atomic E-state index is -3.75. The normalized spacial score (nSPS) is 10.9. The van der Waals surface area contributed by atoms with E-state index in [9.17, 15) is 13.2 Å². The van der Waals surface area contributed by atoms with Crippen LogP contribution in [0.15, 0.2) is 36.4 Å². The van der Waals surface area contributed by atoms with Gasteiger partial charge in [-0.15, -0.1) is 0 Å². The van der Waals surface area contributed by atoms with Gasteiger partial charge in [0.05, 0.1) is 39.0 Å². The van der Waals surface area contributed by atoms with Crippen LogP contribution in [0, 0.1) is 6.92 Å². The molecule has 0 aliphatic rings. The summed E-state index contributed by atoms with van der Waals surface area (Å²) in [6, 6.07) is 10.0. The zero-order valence-corrected chi connectivity index (χ0v) is 17.3. The highest BCUT2D eigenvalue weighted by atomic mass is 32.2. The van der Waals surface area contributed by atoms with Crippen LogP contribution in [0.25, 0.3) is 0 Å². The summed E-state index contributed by atoms with van der Waals surface area (Å²) in [6.07, 6.45) is 1.04. The molecule has 0 aliphatic heterocycles. The Hall–Kier alpha value is -2.94. The number of carbonyl (C=O) groups is 1. The molecule has 0 aliphatic carbocycles. The van der Waals surface area contributed by atoms with Gasteiger partial charge in [0.15, 0.2) is 0 Å². The molecule has 0 unspecified atom stereocenters.